The van der Waals surface area contributed by atoms with E-state index in [0.717, 1.165) is 31.9 Å². The molecule has 4 nitrogen and oxygen atoms in total. The molecule has 1 aromatic heterocycles. The smallest absolute Gasteiger partial charge is 0.0949 e. The Labute approximate surface area is 85.1 Å². The predicted molar refractivity (Wildman–Crippen MR) is 55.9 cm³/mol. The average molecular weight is 197 g/mol. The van der Waals surface area contributed by atoms with E-state index in [-0.39, 0.29) is 6.04 Å². The highest BCUT2D eigenvalue weighted by atomic mass is 16.5. The molecule has 14 heavy (non-hydrogen) atoms. The summed E-state index contributed by atoms with van der Waals surface area (Å²) < 4.78 is 7.35. The molecule has 0 radical (unpaired) electrons. The Kier molecular flexibility index (Phi) is 4.62. The maximum Gasteiger partial charge on any atom is 0.0949 e. The fraction of sp³-hybridized carbons (Fsp3) is 0.700. The second-order valence-electron chi connectivity index (χ2n) is 3.22. The number of rotatable bonds is 6. The van der Waals surface area contributed by atoms with Crippen LogP contribution in [0.1, 0.15) is 32.0 Å². The normalized spacial score (nSPS) is 13.1. The van der Waals surface area contributed by atoms with Gasteiger partial charge in [0.15, 0.2) is 0 Å². The quantitative estimate of drug-likeness (QED) is 0.700. The fourth-order valence-electron chi connectivity index (χ4n) is 1.34. The highest BCUT2D eigenvalue weighted by Gasteiger charge is 2.08. The third kappa shape index (κ3) is 2.82. The standard InChI is InChI=1S/C10H19N3O/c1-3-9(11)10-7-12-8-13(10)5-6-14-4-2/h7-9H,3-6,11H2,1-2H3/t9-/m1/s1. The number of ether oxygens (including phenoxy) is 1. The first kappa shape index (κ1) is 11.2. The van der Waals surface area contributed by atoms with Crippen molar-refractivity contribution >= 4 is 0 Å². The van der Waals surface area contributed by atoms with E-state index in [1.807, 2.05) is 19.4 Å². The van der Waals surface area contributed by atoms with Crippen molar-refractivity contribution in [1.82, 2.24) is 9.55 Å². The SMILES string of the molecule is CCOCCn1cncc1[C@H](N)CC. The lowest BCUT2D eigenvalue weighted by Crippen LogP contribution is -2.16. The van der Waals surface area contributed by atoms with Gasteiger partial charge in [0, 0.05) is 25.4 Å². The number of nitrogens with two attached hydrogens (primary N) is 1. The van der Waals surface area contributed by atoms with Crippen LogP contribution in [0.2, 0.25) is 0 Å². The molecule has 1 atom stereocenters. The summed E-state index contributed by atoms with van der Waals surface area (Å²) in [4.78, 5) is 4.10. The Morgan fingerprint density at radius 3 is 3.00 bits per heavy atom. The van der Waals surface area contributed by atoms with E-state index >= 15 is 0 Å². The van der Waals surface area contributed by atoms with Crippen LogP contribution in [0, 0.1) is 0 Å². The molecule has 0 unspecified atom stereocenters. The number of imidazole rings is 1. The summed E-state index contributed by atoms with van der Waals surface area (Å²) in [5.74, 6) is 0. The second kappa shape index (κ2) is 5.78. The Morgan fingerprint density at radius 1 is 1.57 bits per heavy atom. The first-order valence-electron chi connectivity index (χ1n) is 5.12. The van der Waals surface area contributed by atoms with Crippen LogP contribution >= 0.6 is 0 Å². The Bertz CT molecular complexity index is 260. The predicted octanol–water partition coefficient (Wildman–Crippen LogP) is 1.33. The molecule has 0 spiro atoms. The third-order valence-corrected chi connectivity index (χ3v) is 2.24. The molecule has 0 aliphatic heterocycles. The van der Waals surface area contributed by atoms with E-state index in [1.54, 1.807) is 0 Å². The lowest BCUT2D eigenvalue weighted by molar-refractivity contribution is 0.138. The van der Waals surface area contributed by atoms with Crippen LogP contribution in [-0.2, 0) is 11.3 Å². The molecule has 0 aromatic carbocycles. The number of hydrogen-bond acceptors (Lipinski definition) is 3. The van der Waals surface area contributed by atoms with Gasteiger partial charge in [-0.15, -0.1) is 0 Å². The van der Waals surface area contributed by atoms with E-state index in [2.05, 4.69) is 16.5 Å². The molecule has 0 saturated heterocycles. The van der Waals surface area contributed by atoms with E-state index in [9.17, 15) is 0 Å². The largest absolute Gasteiger partial charge is 0.380 e. The molecule has 80 valence electrons. The topological polar surface area (TPSA) is 53.1 Å². The van der Waals surface area contributed by atoms with Gasteiger partial charge in [-0.25, -0.2) is 4.98 Å². The van der Waals surface area contributed by atoms with Crippen molar-refractivity contribution in [2.24, 2.45) is 5.73 Å². The minimum absolute atomic E-state index is 0.0825. The maximum absolute atomic E-state index is 5.94. The van der Waals surface area contributed by atoms with E-state index in [4.69, 9.17) is 10.5 Å². The van der Waals surface area contributed by atoms with Crippen molar-refractivity contribution in [3.8, 4) is 0 Å². The second-order valence-corrected chi connectivity index (χ2v) is 3.22. The van der Waals surface area contributed by atoms with Gasteiger partial charge in [0.25, 0.3) is 0 Å². The molecule has 2 N–H and O–H groups in total. The molecule has 0 aliphatic carbocycles. The highest BCUT2D eigenvalue weighted by Crippen LogP contribution is 2.12. The Hall–Kier alpha value is -0.870. The summed E-state index contributed by atoms with van der Waals surface area (Å²) in [6.45, 7) is 6.37. The first-order chi connectivity index (χ1) is 6.79. The Morgan fingerprint density at radius 2 is 2.36 bits per heavy atom. The van der Waals surface area contributed by atoms with Gasteiger partial charge in [-0.3, -0.25) is 0 Å². The molecule has 0 saturated carbocycles. The van der Waals surface area contributed by atoms with Crippen molar-refractivity contribution < 1.29 is 4.74 Å². The molecule has 1 aromatic rings. The minimum atomic E-state index is 0.0825. The summed E-state index contributed by atoms with van der Waals surface area (Å²) in [7, 11) is 0. The fourth-order valence-corrected chi connectivity index (χ4v) is 1.34. The first-order valence-corrected chi connectivity index (χ1v) is 5.12. The molecule has 0 aliphatic rings. The van der Waals surface area contributed by atoms with Gasteiger partial charge in [-0.05, 0) is 13.3 Å². The van der Waals surface area contributed by atoms with Crippen molar-refractivity contribution in [2.75, 3.05) is 13.2 Å². The van der Waals surface area contributed by atoms with Gasteiger partial charge < -0.3 is 15.0 Å². The molecule has 0 fully saturated rings. The monoisotopic (exact) mass is 197 g/mol. The van der Waals surface area contributed by atoms with Crippen LogP contribution in [0.15, 0.2) is 12.5 Å². The molecule has 1 rings (SSSR count). The van der Waals surface area contributed by atoms with Crippen LogP contribution in [0.3, 0.4) is 0 Å². The summed E-state index contributed by atoms with van der Waals surface area (Å²) in [6, 6.07) is 0.0825. The number of hydrogen-bond donors (Lipinski definition) is 1. The van der Waals surface area contributed by atoms with Crippen molar-refractivity contribution in [3.05, 3.63) is 18.2 Å². The highest BCUT2D eigenvalue weighted by molar-refractivity contribution is 5.04. The van der Waals surface area contributed by atoms with Crippen LogP contribution in [-0.4, -0.2) is 22.8 Å². The zero-order chi connectivity index (χ0) is 10.4. The van der Waals surface area contributed by atoms with Gasteiger partial charge >= 0.3 is 0 Å². The summed E-state index contributed by atoms with van der Waals surface area (Å²) in [6.07, 6.45) is 4.57. The molecule has 0 amide bonds. The van der Waals surface area contributed by atoms with E-state index < -0.39 is 0 Å². The van der Waals surface area contributed by atoms with Crippen LogP contribution in [0.25, 0.3) is 0 Å². The van der Waals surface area contributed by atoms with Crippen LogP contribution < -0.4 is 5.73 Å². The van der Waals surface area contributed by atoms with Crippen molar-refractivity contribution in [1.29, 1.82) is 0 Å². The third-order valence-electron chi connectivity index (χ3n) is 2.24. The van der Waals surface area contributed by atoms with Crippen molar-refractivity contribution in [3.63, 3.8) is 0 Å². The lowest BCUT2D eigenvalue weighted by atomic mass is 10.2. The lowest BCUT2D eigenvalue weighted by Gasteiger charge is -2.12. The van der Waals surface area contributed by atoms with E-state index in [0.29, 0.717) is 0 Å². The zero-order valence-electron chi connectivity index (χ0n) is 8.94. The van der Waals surface area contributed by atoms with Gasteiger partial charge in [-0.2, -0.15) is 0 Å². The zero-order valence-corrected chi connectivity index (χ0v) is 8.94. The molecular weight excluding hydrogens is 178 g/mol. The average Bonchev–Trinajstić information content (AvgIpc) is 2.65. The number of nitrogens with zero attached hydrogens (tertiary/aromatic N) is 2. The maximum atomic E-state index is 5.94. The minimum Gasteiger partial charge on any atom is -0.380 e. The molecule has 4 heteroatoms. The number of aromatic nitrogens is 2. The Balaban J connectivity index is 2.53. The van der Waals surface area contributed by atoms with Crippen LogP contribution in [0.5, 0.6) is 0 Å². The summed E-state index contributed by atoms with van der Waals surface area (Å²) >= 11 is 0. The van der Waals surface area contributed by atoms with Gasteiger partial charge in [0.1, 0.15) is 0 Å². The molecular formula is C10H19N3O. The summed E-state index contributed by atoms with van der Waals surface area (Å²) in [5.41, 5.74) is 7.03. The van der Waals surface area contributed by atoms with Crippen LogP contribution in [0.4, 0.5) is 0 Å². The van der Waals surface area contributed by atoms with Gasteiger partial charge in [0.05, 0.1) is 18.6 Å². The van der Waals surface area contributed by atoms with Gasteiger partial charge in [-0.1, -0.05) is 6.92 Å². The molecule has 0 bridgehead atoms. The van der Waals surface area contributed by atoms with E-state index in [1.165, 1.54) is 0 Å². The van der Waals surface area contributed by atoms with Gasteiger partial charge in [0.2, 0.25) is 0 Å². The molecule has 1 heterocycles. The summed E-state index contributed by atoms with van der Waals surface area (Å²) in [5, 5.41) is 0. The van der Waals surface area contributed by atoms with Crippen molar-refractivity contribution in [2.45, 2.75) is 32.9 Å².